The van der Waals surface area contributed by atoms with Crippen molar-refractivity contribution in [3.63, 3.8) is 0 Å². The van der Waals surface area contributed by atoms with Crippen molar-refractivity contribution in [2.45, 2.75) is 25.2 Å². The first kappa shape index (κ1) is 22.1. The fourth-order valence-corrected chi connectivity index (χ4v) is 5.10. The number of pyridine rings is 2. The van der Waals surface area contributed by atoms with E-state index in [4.69, 9.17) is 4.74 Å². The molecule has 0 aliphatic carbocycles. The van der Waals surface area contributed by atoms with Crippen LogP contribution in [-0.2, 0) is 16.3 Å². The van der Waals surface area contributed by atoms with Gasteiger partial charge in [0.15, 0.2) is 9.84 Å². The van der Waals surface area contributed by atoms with Crippen molar-refractivity contribution in [1.29, 1.82) is 0 Å². The largest absolute Gasteiger partial charge is 0.491 e. The molecule has 3 aromatic heterocycles. The van der Waals surface area contributed by atoms with E-state index in [2.05, 4.69) is 21.0 Å². The van der Waals surface area contributed by atoms with Crippen molar-refractivity contribution in [3.05, 3.63) is 84.3 Å². The van der Waals surface area contributed by atoms with Gasteiger partial charge in [0.1, 0.15) is 11.4 Å². The van der Waals surface area contributed by atoms with E-state index in [-0.39, 0.29) is 5.75 Å². The second-order valence-corrected chi connectivity index (χ2v) is 10.6. The molecule has 2 aromatic carbocycles. The van der Waals surface area contributed by atoms with Gasteiger partial charge >= 0.3 is 0 Å². The quantitative estimate of drug-likeness (QED) is 0.339. The van der Waals surface area contributed by atoms with E-state index in [1.165, 1.54) is 0 Å². The predicted molar refractivity (Wildman–Crippen MR) is 135 cm³/mol. The van der Waals surface area contributed by atoms with Crippen LogP contribution in [0.4, 0.5) is 0 Å². The number of hydrogen-bond acceptors (Lipinski definition) is 5. The molecule has 0 aliphatic rings. The van der Waals surface area contributed by atoms with E-state index in [1.807, 2.05) is 49.6 Å². The van der Waals surface area contributed by atoms with Crippen LogP contribution in [0.5, 0.6) is 5.75 Å². The Morgan fingerprint density at radius 3 is 2.71 bits per heavy atom. The number of aromatic amines is 1. The second-order valence-electron chi connectivity index (χ2n) is 8.29. The van der Waals surface area contributed by atoms with E-state index in [0.717, 1.165) is 56.4 Å². The number of rotatable bonds is 7. The van der Waals surface area contributed by atoms with Crippen molar-refractivity contribution in [3.8, 4) is 16.9 Å². The van der Waals surface area contributed by atoms with Gasteiger partial charge in [-0.05, 0) is 65.6 Å². The lowest BCUT2D eigenvalue weighted by molar-refractivity contribution is 0.325. The summed E-state index contributed by atoms with van der Waals surface area (Å²) in [6.45, 7) is 4.17. The van der Waals surface area contributed by atoms with E-state index in [0.29, 0.717) is 11.5 Å². The smallest absolute Gasteiger partial charge is 0.178 e. The average Bonchev–Trinajstić information content (AvgIpc) is 3.24. The third-order valence-corrected chi connectivity index (χ3v) is 7.69. The van der Waals surface area contributed by atoms with Crippen LogP contribution in [0.1, 0.15) is 18.1 Å². The molecule has 0 atom stereocenters. The van der Waals surface area contributed by atoms with Gasteiger partial charge in [-0.1, -0.05) is 25.1 Å². The van der Waals surface area contributed by atoms with Gasteiger partial charge in [-0.15, -0.1) is 0 Å². The Labute approximate surface area is 198 Å². The number of aromatic nitrogens is 3. The van der Waals surface area contributed by atoms with E-state index < -0.39 is 9.84 Å². The molecular weight excluding hydrogens is 446 g/mol. The topological polar surface area (TPSA) is 84.9 Å². The van der Waals surface area contributed by atoms with Crippen LogP contribution in [0.3, 0.4) is 0 Å². The van der Waals surface area contributed by atoms with Crippen LogP contribution in [0, 0.1) is 6.92 Å². The molecule has 172 valence electrons. The van der Waals surface area contributed by atoms with E-state index in [9.17, 15) is 8.42 Å². The summed E-state index contributed by atoms with van der Waals surface area (Å²) in [5.41, 5.74) is 5.54. The summed E-state index contributed by atoms with van der Waals surface area (Å²) < 4.78 is 31.2. The third-order valence-electron chi connectivity index (χ3n) is 5.96. The number of ether oxygens (including phenoxy) is 1. The number of sulfone groups is 1. The molecule has 0 saturated carbocycles. The molecule has 0 spiro atoms. The molecule has 0 aliphatic heterocycles. The Kier molecular flexibility index (Phi) is 5.79. The fourth-order valence-electron chi connectivity index (χ4n) is 4.17. The Morgan fingerprint density at radius 1 is 1.03 bits per heavy atom. The first-order valence-corrected chi connectivity index (χ1v) is 12.9. The van der Waals surface area contributed by atoms with Gasteiger partial charge in [0, 0.05) is 35.8 Å². The molecule has 0 bridgehead atoms. The Hall–Kier alpha value is -3.71. The molecular formula is C27H25N3O3S. The summed E-state index contributed by atoms with van der Waals surface area (Å²) >= 11 is 0. The van der Waals surface area contributed by atoms with Crippen LogP contribution < -0.4 is 4.74 Å². The standard InChI is InChI=1S/C27H25N3O3S/c1-3-34(31,32)21-8-4-7-20(15-21)22-9-10-24(33-13-11-19-6-5-12-28-17-19)26-25(22)23-14-18(2)16-29-27(23)30-26/h4-10,12,14-17H,3,11,13H2,1-2H3,(H,29,30). The van der Waals surface area contributed by atoms with Crippen molar-refractivity contribution >= 4 is 31.8 Å². The predicted octanol–water partition coefficient (Wildman–Crippen LogP) is 5.50. The lowest BCUT2D eigenvalue weighted by atomic mass is 9.99. The maximum Gasteiger partial charge on any atom is 0.178 e. The highest BCUT2D eigenvalue weighted by molar-refractivity contribution is 7.91. The first-order valence-electron chi connectivity index (χ1n) is 11.2. The van der Waals surface area contributed by atoms with Crippen LogP contribution in [-0.4, -0.2) is 35.7 Å². The molecule has 6 nitrogen and oxygen atoms in total. The zero-order valence-corrected chi connectivity index (χ0v) is 19.9. The van der Waals surface area contributed by atoms with Gasteiger partial charge in [-0.25, -0.2) is 13.4 Å². The SMILES string of the molecule is CCS(=O)(=O)c1cccc(-c2ccc(OCCc3cccnc3)c3[nH]c4ncc(C)cc4c23)c1. The minimum atomic E-state index is -3.31. The maximum atomic E-state index is 12.5. The van der Waals surface area contributed by atoms with Gasteiger partial charge in [0.2, 0.25) is 0 Å². The number of fused-ring (bicyclic) bond motifs is 3. The van der Waals surface area contributed by atoms with Crippen LogP contribution >= 0.6 is 0 Å². The number of H-pyrrole nitrogens is 1. The maximum absolute atomic E-state index is 12.5. The lowest BCUT2D eigenvalue weighted by Gasteiger charge is -2.12. The lowest BCUT2D eigenvalue weighted by Crippen LogP contribution is -2.03. The molecule has 5 rings (SSSR count). The molecule has 3 heterocycles. The van der Waals surface area contributed by atoms with Gasteiger partial charge in [-0.3, -0.25) is 4.98 Å². The normalized spacial score (nSPS) is 11.8. The zero-order valence-electron chi connectivity index (χ0n) is 19.1. The molecule has 0 fully saturated rings. The molecule has 0 amide bonds. The minimum Gasteiger partial charge on any atom is -0.491 e. The highest BCUT2D eigenvalue weighted by Gasteiger charge is 2.18. The van der Waals surface area contributed by atoms with Crippen LogP contribution in [0.15, 0.2) is 78.1 Å². The van der Waals surface area contributed by atoms with Crippen molar-refractivity contribution in [1.82, 2.24) is 15.0 Å². The van der Waals surface area contributed by atoms with Gasteiger partial charge < -0.3 is 9.72 Å². The molecule has 0 radical (unpaired) electrons. The Morgan fingerprint density at radius 2 is 1.91 bits per heavy atom. The molecule has 7 heteroatoms. The summed E-state index contributed by atoms with van der Waals surface area (Å²) in [5.74, 6) is 0.793. The summed E-state index contributed by atoms with van der Waals surface area (Å²) in [4.78, 5) is 12.5. The third kappa shape index (κ3) is 4.15. The number of aryl methyl sites for hydroxylation is 1. The second kappa shape index (κ2) is 8.91. The molecule has 34 heavy (non-hydrogen) atoms. The average molecular weight is 472 g/mol. The van der Waals surface area contributed by atoms with E-state index >= 15 is 0 Å². The molecule has 1 N–H and O–H groups in total. The number of benzene rings is 2. The summed E-state index contributed by atoms with van der Waals surface area (Å²) in [7, 11) is -3.31. The fraction of sp³-hybridized carbons (Fsp3) is 0.185. The van der Waals surface area contributed by atoms with Crippen LogP contribution in [0.25, 0.3) is 33.1 Å². The minimum absolute atomic E-state index is 0.0613. The van der Waals surface area contributed by atoms with Crippen LogP contribution in [0.2, 0.25) is 0 Å². The number of nitrogens with zero attached hydrogens (tertiary/aromatic N) is 2. The highest BCUT2D eigenvalue weighted by Crippen LogP contribution is 2.39. The van der Waals surface area contributed by atoms with Crippen molar-refractivity contribution < 1.29 is 13.2 Å². The highest BCUT2D eigenvalue weighted by atomic mass is 32.2. The van der Waals surface area contributed by atoms with Crippen molar-refractivity contribution in [2.75, 3.05) is 12.4 Å². The Balaban J connectivity index is 1.62. The molecule has 0 unspecified atom stereocenters. The van der Waals surface area contributed by atoms with E-state index in [1.54, 1.807) is 31.3 Å². The zero-order chi connectivity index (χ0) is 23.7. The van der Waals surface area contributed by atoms with Gasteiger partial charge in [0.25, 0.3) is 0 Å². The summed E-state index contributed by atoms with van der Waals surface area (Å²) in [6.07, 6.45) is 6.17. The molecule has 0 saturated heterocycles. The van der Waals surface area contributed by atoms with Gasteiger partial charge in [0.05, 0.1) is 22.8 Å². The summed E-state index contributed by atoms with van der Waals surface area (Å²) in [6, 6.07) is 17.1. The van der Waals surface area contributed by atoms with Crippen molar-refractivity contribution in [2.24, 2.45) is 0 Å². The monoisotopic (exact) mass is 471 g/mol. The number of nitrogens with one attached hydrogen (secondary N) is 1. The van der Waals surface area contributed by atoms with Gasteiger partial charge in [-0.2, -0.15) is 0 Å². The molecule has 5 aromatic rings. The summed E-state index contributed by atoms with van der Waals surface area (Å²) in [5, 5.41) is 1.95. The first-order chi connectivity index (χ1) is 16.5. The Bertz CT molecular complexity index is 1590. The number of hydrogen-bond donors (Lipinski definition) is 1.